The summed E-state index contributed by atoms with van der Waals surface area (Å²) in [5.41, 5.74) is 2.01. The van der Waals surface area contributed by atoms with Crippen LogP contribution in [0.3, 0.4) is 0 Å². The molecule has 106 valence electrons. The predicted octanol–water partition coefficient (Wildman–Crippen LogP) is 0.349. The summed E-state index contributed by atoms with van der Waals surface area (Å²) >= 11 is 0. The fraction of sp³-hybridized carbons (Fsp3) is 0.692. The van der Waals surface area contributed by atoms with Gasteiger partial charge in [-0.25, -0.2) is 0 Å². The molecule has 1 saturated heterocycles. The molecule has 1 aromatic heterocycles. The molecule has 2 atom stereocenters. The minimum Gasteiger partial charge on any atom is -0.379 e. The van der Waals surface area contributed by atoms with Crippen molar-refractivity contribution in [2.75, 3.05) is 19.8 Å². The van der Waals surface area contributed by atoms with Gasteiger partial charge in [-0.15, -0.1) is 0 Å². The van der Waals surface area contributed by atoms with E-state index in [9.17, 15) is 4.79 Å². The van der Waals surface area contributed by atoms with Crippen molar-refractivity contribution in [3.05, 3.63) is 17.5 Å². The maximum atomic E-state index is 12.2. The smallest absolute Gasteiger partial charge is 0.227 e. The van der Waals surface area contributed by atoms with E-state index in [2.05, 4.69) is 27.8 Å². The Labute approximate surface area is 113 Å². The molecule has 1 fully saturated rings. The van der Waals surface area contributed by atoms with Crippen molar-refractivity contribution in [3.8, 4) is 0 Å². The molecule has 1 aliphatic rings. The van der Waals surface area contributed by atoms with E-state index >= 15 is 0 Å². The van der Waals surface area contributed by atoms with Crippen LogP contribution in [-0.4, -0.2) is 41.9 Å². The van der Waals surface area contributed by atoms with Gasteiger partial charge in [0, 0.05) is 23.8 Å². The zero-order chi connectivity index (χ0) is 13.7. The Kier molecular flexibility index (Phi) is 4.93. The number of hydrogen-bond acceptors (Lipinski definition) is 4. The second-order valence-corrected chi connectivity index (χ2v) is 4.94. The number of nitrogens with zero attached hydrogens (tertiary/aromatic N) is 1. The summed E-state index contributed by atoms with van der Waals surface area (Å²) in [4.78, 5) is 12.2. The van der Waals surface area contributed by atoms with E-state index in [0.29, 0.717) is 19.8 Å². The van der Waals surface area contributed by atoms with Gasteiger partial charge in [-0.05, 0) is 19.9 Å². The number of rotatable bonds is 6. The summed E-state index contributed by atoms with van der Waals surface area (Å²) in [6.07, 6.45) is 2.80. The number of aryl methyl sites for hydroxylation is 1. The first-order valence-corrected chi connectivity index (χ1v) is 6.80. The normalized spacial score (nSPS) is 22.6. The van der Waals surface area contributed by atoms with Gasteiger partial charge in [-0.1, -0.05) is 6.92 Å². The van der Waals surface area contributed by atoms with Crippen molar-refractivity contribution in [2.45, 2.75) is 32.9 Å². The van der Waals surface area contributed by atoms with E-state index in [4.69, 9.17) is 4.74 Å². The highest BCUT2D eigenvalue weighted by molar-refractivity contribution is 5.79. The molecule has 2 heterocycles. The molecule has 3 N–H and O–H groups in total. The van der Waals surface area contributed by atoms with Crippen LogP contribution in [0.25, 0.3) is 0 Å². The van der Waals surface area contributed by atoms with Gasteiger partial charge in [0.15, 0.2) is 0 Å². The molecule has 0 radical (unpaired) electrons. The summed E-state index contributed by atoms with van der Waals surface area (Å²) in [5, 5.41) is 13.1. The van der Waals surface area contributed by atoms with Gasteiger partial charge in [-0.2, -0.15) is 5.10 Å². The van der Waals surface area contributed by atoms with E-state index in [1.165, 1.54) is 0 Å². The fourth-order valence-corrected chi connectivity index (χ4v) is 2.21. The van der Waals surface area contributed by atoms with Gasteiger partial charge < -0.3 is 15.4 Å². The van der Waals surface area contributed by atoms with Crippen molar-refractivity contribution in [1.29, 1.82) is 0 Å². The maximum Gasteiger partial charge on any atom is 0.227 e. The summed E-state index contributed by atoms with van der Waals surface area (Å²) in [7, 11) is 0. The van der Waals surface area contributed by atoms with Gasteiger partial charge in [0.25, 0.3) is 0 Å². The average Bonchev–Trinajstić information content (AvgIpc) is 3.02. The predicted molar refractivity (Wildman–Crippen MR) is 71.6 cm³/mol. The molecule has 1 aliphatic heterocycles. The van der Waals surface area contributed by atoms with Crippen molar-refractivity contribution in [2.24, 2.45) is 5.92 Å². The Morgan fingerprint density at radius 1 is 1.58 bits per heavy atom. The summed E-state index contributed by atoms with van der Waals surface area (Å²) in [6, 6.07) is 0.130. The molecule has 6 heteroatoms. The van der Waals surface area contributed by atoms with Crippen LogP contribution in [0.15, 0.2) is 6.20 Å². The molecule has 1 amide bonds. The molecule has 2 unspecified atom stereocenters. The van der Waals surface area contributed by atoms with Crippen molar-refractivity contribution < 1.29 is 9.53 Å². The molecular weight excluding hydrogens is 244 g/mol. The molecular formula is C13H22N4O2. The first-order chi connectivity index (χ1) is 9.22. The molecule has 1 aromatic rings. The Balaban J connectivity index is 1.83. The molecule has 2 rings (SSSR count). The second kappa shape index (κ2) is 6.68. The van der Waals surface area contributed by atoms with E-state index in [1.54, 1.807) is 6.20 Å². The number of ether oxygens (including phenoxy) is 1. The zero-order valence-electron chi connectivity index (χ0n) is 11.5. The van der Waals surface area contributed by atoms with Crippen molar-refractivity contribution >= 4 is 5.91 Å². The number of carbonyl (C=O) groups is 1. The fourth-order valence-electron chi connectivity index (χ4n) is 2.21. The average molecular weight is 266 g/mol. The maximum absolute atomic E-state index is 12.2. The highest BCUT2D eigenvalue weighted by Gasteiger charge is 2.33. The lowest BCUT2D eigenvalue weighted by Gasteiger charge is -2.18. The summed E-state index contributed by atoms with van der Waals surface area (Å²) in [5.74, 6) is -0.0505. The van der Waals surface area contributed by atoms with Gasteiger partial charge in [-0.3, -0.25) is 9.89 Å². The SMILES string of the molecule is CCCNC1COCC1C(=O)NCc1cn[nH]c1C. The Bertz CT molecular complexity index is 419. The lowest BCUT2D eigenvalue weighted by molar-refractivity contribution is -0.125. The van der Waals surface area contributed by atoms with Crippen LogP contribution in [-0.2, 0) is 16.1 Å². The molecule has 0 aromatic carbocycles. The van der Waals surface area contributed by atoms with E-state index in [1.807, 2.05) is 6.92 Å². The molecule has 0 spiro atoms. The van der Waals surface area contributed by atoms with Crippen LogP contribution in [0.2, 0.25) is 0 Å². The van der Waals surface area contributed by atoms with E-state index in [0.717, 1.165) is 24.2 Å². The molecule has 0 saturated carbocycles. The number of aromatic nitrogens is 2. The highest BCUT2D eigenvalue weighted by atomic mass is 16.5. The van der Waals surface area contributed by atoms with Crippen LogP contribution in [0.1, 0.15) is 24.6 Å². The van der Waals surface area contributed by atoms with Gasteiger partial charge in [0.1, 0.15) is 0 Å². The monoisotopic (exact) mass is 266 g/mol. The van der Waals surface area contributed by atoms with Crippen LogP contribution in [0.4, 0.5) is 0 Å². The largest absolute Gasteiger partial charge is 0.379 e. The second-order valence-electron chi connectivity index (χ2n) is 4.94. The molecule has 0 bridgehead atoms. The van der Waals surface area contributed by atoms with Gasteiger partial charge >= 0.3 is 0 Å². The Morgan fingerprint density at radius 3 is 3.11 bits per heavy atom. The lowest BCUT2D eigenvalue weighted by atomic mass is 10.0. The third-order valence-electron chi connectivity index (χ3n) is 3.46. The van der Waals surface area contributed by atoms with Crippen LogP contribution < -0.4 is 10.6 Å². The van der Waals surface area contributed by atoms with E-state index < -0.39 is 0 Å². The van der Waals surface area contributed by atoms with Crippen LogP contribution >= 0.6 is 0 Å². The van der Waals surface area contributed by atoms with Gasteiger partial charge in [0.05, 0.1) is 25.3 Å². The van der Waals surface area contributed by atoms with Gasteiger partial charge in [0.2, 0.25) is 5.91 Å². The Morgan fingerprint density at radius 2 is 2.42 bits per heavy atom. The third kappa shape index (κ3) is 3.54. The first kappa shape index (κ1) is 14.0. The quantitative estimate of drug-likeness (QED) is 0.694. The number of amides is 1. The number of H-pyrrole nitrogens is 1. The molecule has 19 heavy (non-hydrogen) atoms. The van der Waals surface area contributed by atoms with E-state index in [-0.39, 0.29) is 17.9 Å². The van der Waals surface area contributed by atoms with Crippen molar-refractivity contribution in [3.63, 3.8) is 0 Å². The number of nitrogens with one attached hydrogen (secondary N) is 3. The van der Waals surface area contributed by atoms with Crippen LogP contribution in [0.5, 0.6) is 0 Å². The minimum absolute atomic E-state index is 0.0479. The first-order valence-electron chi connectivity index (χ1n) is 6.80. The topological polar surface area (TPSA) is 79.0 Å². The lowest BCUT2D eigenvalue weighted by Crippen LogP contribution is -2.44. The number of carbonyl (C=O) groups excluding carboxylic acids is 1. The highest BCUT2D eigenvalue weighted by Crippen LogP contribution is 2.14. The van der Waals surface area contributed by atoms with Crippen molar-refractivity contribution in [1.82, 2.24) is 20.8 Å². The number of hydrogen-bond donors (Lipinski definition) is 3. The number of aromatic amines is 1. The zero-order valence-corrected chi connectivity index (χ0v) is 11.5. The molecule has 6 nitrogen and oxygen atoms in total. The standard InChI is InChI=1S/C13H22N4O2/c1-3-4-14-12-8-19-7-11(12)13(18)15-5-10-6-16-17-9(10)2/h6,11-12,14H,3-5,7-8H2,1-2H3,(H,15,18)(H,16,17). The third-order valence-corrected chi connectivity index (χ3v) is 3.46. The molecule has 0 aliphatic carbocycles. The minimum atomic E-state index is -0.0984. The van der Waals surface area contributed by atoms with Crippen LogP contribution in [0, 0.1) is 12.8 Å². The summed E-state index contributed by atoms with van der Waals surface area (Å²) in [6.45, 7) is 6.59. The summed E-state index contributed by atoms with van der Waals surface area (Å²) < 4.78 is 5.41. The Hall–Kier alpha value is -1.40.